The van der Waals surface area contributed by atoms with E-state index < -0.39 is 10.0 Å². The van der Waals surface area contributed by atoms with Gasteiger partial charge in [-0.15, -0.1) is 0 Å². The van der Waals surface area contributed by atoms with Crippen molar-refractivity contribution in [2.24, 2.45) is 11.7 Å². The average molecular weight is 331 g/mol. The van der Waals surface area contributed by atoms with E-state index in [1.165, 1.54) is 6.26 Å². The second-order valence-electron chi connectivity index (χ2n) is 5.93. The Hall–Kier alpha value is -0.620. The fourth-order valence-electron chi connectivity index (χ4n) is 3.03. The standard InChI is InChI=1S/C15H23ClN2O2S/c1-11-13(6-3-7-14(11)16)15(17)9-12-5-4-8-18(10-12)21(2,19)20/h3,6-7,12,15H,4-5,8-10,17H2,1-2H3. The zero-order valence-corrected chi connectivity index (χ0v) is 14.1. The molecule has 0 saturated carbocycles. The molecule has 1 saturated heterocycles. The number of rotatable bonds is 4. The SMILES string of the molecule is Cc1c(Cl)cccc1C(N)CC1CCCN(S(C)(=O)=O)C1. The van der Waals surface area contributed by atoms with Crippen LogP contribution >= 0.6 is 11.6 Å². The van der Waals surface area contributed by atoms with Gasteiger partial charge in [0, 0.05) is 24.2 Å². The van der Waals surface area contributed by atoms with Gasteiger partial charge in [-0.25, -0.2) is 12.7 Å². The van der Waals surface area contributed by atoms with Crippen LogP contribution in [-0.4, -0.2) is 32.1 Å². The molecule has 0 aliphatic carbocycles. The fraction of sp³-hybridized carbons (Fsp3) is 0.600. The highest BCUT2D eigenvalue weighted by molar-refractivity contribution is 7.88. The molecule has 6 heteroatoms. The molecular weight excluding hydrogens is 308 g/mol. The van der Waals surface area contributed by atoms with Crippen LogP contribution in [0.2, 0.25) is 5.02 Å². The van der Waals surface area contributed by atoms with Gasteiger partial charge in [0.15, 0.2) is 0 Å². The first kappa shape index (κ1) is 16.7. The van der Waals surface area contributed by atoms with Gasteiger partial charge in [-0.3, -0.25) is 0 Å². The van der Waals surface area contributed by atoms with Crippen molar-refractivity contribution < 1.29 is 8.42 Å². The van der Waals surface area contributed by atoms with E-state index in [1.54, 1.807) is 4.31 Å². The summed E-state index contributed by atoms with van der Waals surface area (Å²) in [6.45, 7) is 3.17. The highest BCUT2D eigenvalue weighted by Crippen LogP contribution is 2.30. The van der Waals surface area contributed by atoms with E-state index >= 15 is 0 Å². The first-order chi connectivity index (χ1) is 9.79. The molecule has 118 valence electrons. The van der Waals surface area contributed by atoms with Crippen molar-refractivity contribution in [3.63, 3.8) is 0 Å². The Kier molecular flexibility index (Phi) is 5.30. The van der Waals surface area contributed by atoms with E-state index in [-0.39, 0.29) is 6.04 Å². The summed E-state index contributed by atoms with van der Waals surface area (Å²) in [5.74, 6) is 0.307. The smallest absolute Gasteiger partial charge is 0.211 e. The molecule has 1 aliphatic rings. The van der Waals surface area contributed by atoms with Crippen molar-refractivity contribution in [3.05, 3.63) is 34.3 Å². The van der Waals surface area contributed by atoms with Crippen molar-refractivity contribution in [1.29, 1.82) is 0 Å². The summed E-state index contributed by atoms with van der Waals surface area (Å²) in [6, 6.07) is 5.67. The van der Waals surface area contributed by atoms with E-state index in [2.05, 4.69) is 0 Å². The number of hydrogen-bond donors (Lipinski definition) is 1. The van der Waals surface area contributed by atoms with Gasteiger partial charge >= 0.3 is 0 Å². The number of halogens is 1. The van der Waals surface area contributed by atoms with Crippen LogP contribution < -0.4 is 5.73 Å². The third-order valence-electron chi connectivity index (χ3n) is 4.25. The van der Waals surface area contributed by atoms with Gasteiger partial charge in [-0.2, -0.15) is 0 Å². The summed E-state index contributed by atoms with van der Waals surface area (Å²) < 4.78 is 24.9. The second kappa shape index (κ2) is 6.65. The van der Waals surface area contributed by atoms with Crippen LogP contribution in [0.1, 0.15) is 36.4 Å². The van der Waals surface area contributed by atoms with Crippen LogP contribution in [0.25, 0.3) is 0 Å². The van der Waals surface area contributed by atoms with Crippen LogP contribution in [0.15, 0.2) is 18.2 Å². The average Bonchev–Trinajstić information content (AvgIpc) is 2.41. The lowest BCUT2D eigenvalue weighted by Gasteiger charge is -2.32. The monoisotopic (exact) mass is 330 g/mol. The molecule has 21 heavy (non-hydrogen) atoms. The van der Waals surface area contributed by atoms with E-state index in [0.717, 1.165) is 35.4 Å². The van der Waals surface area contributed by atoms with E-state index in [4.69, 9.17) is 17.3 Å². The zero-order chi connectivity index (χ0) is 15.6. The normalized spacial score (nSPS) is 22.2. The minimum Gasteiger partial charge on any atom is -0.324 e. The zero-order valence-electron chi connectivity index (χ0n) is 12.5. The Labute approximate surface area is 132 Å². The summed E-state index contributed by atoms with van der Waals surface area (Å²) in [4.78, 5) is 0. The molecule has 1 fully saturated rings. The number of sulfonamides is 1. The molecule has 4 nitrogen and oxygen atoms in total. The van der Waals surface area contributed by atoms with Crippen molar-refractivity contribution in [2.75, 3.05) is 19.3 Å². The van der Waals surface area contributed by atoms with E-state index in [0.29, 0.717) is 19.0 Å². The molecule has 2 atom stereocenters. The van der Waals surface area contributed by atoms with Crippen LogP contribution in [0.5, 0.6) is 0 Å². The Morgan fingerprint density at radius 1 is 1.48 bits per heavy atom. The van der Waals surface area contributed by atoms with Crippen molar-refractivity contribution in [2.45, 2.75) is 32.2 Å². The van der Waals surface area contributed by atoms with Crippen molar-refractivity contribution in [3.8, 4) is 0 Å². The van der Waals surface area contributed by atoms with Crippen LogP contribution in [-0.2, 0) is 10.0 Å². The first-order valence-corrected chi connectivity index (χ1v) is 9.47. The lowest BCUT2D eigenvalue weighted by atomic mass is 9.88. The Bertz CT molecular complexity index is 604. The Balaban J connectivity index is 2.06. The Morgan fingerprint density at radius 2 is 2.19 bits per heavy atom. The highest BCUT2D eigenvalue weighted by atomic mass is 35.5. The molecule has 1 heterocycles. The van der Waals surface area contributed by atoms with Gasteiger partial charge in [-0.1, -0.05) is 23.7 Å². The molecule has 0 aromatic heterocycles. The topological polar surface area (TPSA) is 63.4 Å². The molecule has 2 rings (SSSR count). The molecular formula is C15H23ClN2O2S. The van der Waals surface area contributed by atoms with Gasteiger partial charge in [0.25, 0.3) is 0 Å². The lowest BCUT2D eigenvalue weighted by Crippen LogP contribution is -2.40. The van der Waals surface area contributed by atoms with Crippen LogP contribution in [0, 0.1) is 12.8 Å². The summed E-state index contributed by atoms with van der Waals surface area (Å²) in [5.41, 5.74) is 8.39. The van der Waals surface area contributed by atoms with Gasteiger partial charge in [0.2, 0.25) is 10.0 Å². The van der Waals surface area contributed by atoms with Gasteiger partial charge in [0.1, 0.15) is 0 Å². The molecule has 1 aliphatic heterocycles. The summed E-state index contributed by atoms with van der Waals surface area (Å²) in [6.07, 6.45) is 3.99. The summed E-state index contributed by atoms with van der Waals surface area (Å²) in [7, 11) is -3.10. The number of hydrogen-bond acceptors (Lipinski definition) is 3. The van der Waals surface area contributed by atoms with Crippen molar-refractivity contribution >= 4 is 21.6 Å². The predicted octanol–water partition coefficient (Wildman–Crippen LogP) is 2.71. The van der Waals surface area contributed by atoms with Gasteiger partial charge < -0.3 is 5.73 Å². The maximum Gasteiger partial charge on any atom is 0.211 e. The molecule has 2 N–H and O–H groups in total. The fourth-order valence-corrected chi connectivity index (χ4v) is 4.16. The summed E-state index contributed by atoms with van der Waals surface area (Å²) in [5, 5.41) is 0.726. The van der Waals surface area contributed by atoms with E-state index in [9.17, 15) is 8.42 Å². The first-order valence-electron chi connectivity index (χ1n) is 7.24. The van der Waals surface area contributed by atoms with E-state index in [1.807, 2.05) is 25.1 Å². The quantitative estimate of drug-likeness (QED) is 0.923. The third-order valence-corrected chi connectivity index (χ3v) is 5.93. The number of nitrogens with two attached hydrogens (primary N) is 1. The number of piperidine rings is 1. The van der Waals surface area contributed by atoms with Crippen molar-refractivity contribution in [1.82, 2.24) is 4.31 Å². The predicted molar refractivity (Wildman–Crippen MR) is 86.9 cm³/mol. The lowest BCUT2D eigenvalue weighted by molar-refractivity contribution is 0.247. The largest absolute Gasteiger partial charge is 0.324 e. The molecule has 1 aromatic carbocycles. The number of benzene rings is 1. The Morgan fingerprint density at radius 3 is 2.86 bits per heavy atom. The van der Waals surface area contributed by atoms with Gasteiger partial charge in [-0.05, 0) is 49.3 Å². The second-order valence-corrected chi connectivity index (χ2v) is 8.32. The third kappa shape index (κ3) is 4.19. The molecule has 0 spiro atoms. The number of nitrogens with zero attached hydrogens (tertiary/aromatic N) is 1. The van der Waals surface area contributed by atoms with Crippen LogP contribution in [0.3, 0.4) is 0 Å². The van der Waals surface area contributed by atoms with Gasteiger partial charge in [0.05, 0.1) is 6.26 Å². The van der Waals surface area contributed by atoms with Crippen LogP contribution in [0.4, 0.5) is 0 Å². The molecule has 0 amide bonds. The maximum atomic E-state index is 11.7. The molecule has 0 radical (unpaired) electrons. The highest BCUT2D eigenvalue weighted by Gasteiger charge is 2.27. The molecule has 0 bridgehead atoms. The molecule has 1 aromatic rings. The minimum atomic E-state index is -3.10. The maximum absolute atomic E-state index is 11.7. The minimum absolute atomic E-state index is 0.104. The summed E-state index contributed by atoms with van der Waals surface area (Å²) >= 11 is 6.14. The molecule has 2 unspecified atom stereocenters.